The van der Waals surface area contributed by atoms with Gasteiger partial charge in [0.2, 0.25) is 5.95 Å². The van der Waals surface area contributed by atoms with Crippen molar-refractivity contribution in [1.29, 1.82) is 0 Å². The van der Waals surface area contributed by atoms with E-state index < -0.39 is 15.8 Å². The van der Waals surface area contributed by atoms with E-state index >= 15 is 0 Å². The molecule has 30 heavy (non-hydrogen) atoms. The average Bonchev–Trinajstić information content (AvgIpc) is 3.06. The number of hydrogen-bond donors (Lipinski definition) is 1. The summed E-state index contributed by atoms with van der Waals surface area (Å²) in [4.78, 5) is 1.86. The summed E-state index contributed by atoms with van der Waals surface area (Å²) in [6.45, 7) is 5.29. The van der Waals surface area contributed by atoms with Gasteiger partial charge in [0.15, 0.2) is 9.84 Å². The predicted molar refractivity (Wildman–Crippen MR) is 106 cm³/mol. The number of nitrogens with two attached hydrogens (primary N) is 1. The standard InChI is InChI=1S/C17H32FN5O6S/c18-17-16(15-22-3-13-30(24,25)14-4-22)20-21-23(17)2-6-27-8-10-29-12-11-28-9-7-26-5-1-19/h1-15,19H2. The number of halogens is 1. The Morgan fingerprint density at radius 1 is 0.900 bits per heavy atom. The van der Waals surface area contributed by atoms with Gasteiger partial charge < -0.3 is 24.7 Å². The Hall–Kier alpha value is -1.22. The van der Waals surface area contributed by atoms with E-state index in [4.69, 9.17) is 24.7 Å². The summed E-state index contributed by atoms with van der Waals surface area (Å²) in [6.07, 6.45) is 0. The Morgan fingerprint density at radius 3 is 2.00 bits per heavy atom. The minimum Gasteiger partial charge on any atom is -0.378 e. The van der Waals surface area contributed by atoms with E-state index in [2.05, 4.69) is 10.3 Å². The van der Waals surface area contributed by atoms with E-state index in [9.17, 15) is 12.8 Å². The molecule has 0 radical (unpaired) electrons. The summed E-state index contributed by atoms with van der Waals surface area (Å²) >= 11 is 0. The molecular formula is C17H32FN5O6S. The van der Waals surface area contributed by atoms with E-state index in [1.165, 1.54) is 0 Å². The largest absolute Gasteiger partial charge is 0.378 e. The third-order valence-corrected chi connectivity index (χ3v) is 5.98. The molecule has 0 saturated carbocycles. The van der Waals surface area contributed by atoms with Crippen molar-refractivity contribution in [1.82, 2.24) is 19.9 Å². The Kier molecular flexibility index (Phi) is 11.7. The van der Waals surface area contributed by atoms with Crippen LogP contribution in [0.1, 0.15) is 5.69 Å². The van der Waals surface area contributed by atoms with Gasteiger partial charge in [0.1, 0.15) is 5.69 Å². The zero-order valence-electron chi connectivity index (χ0n) is 17.2. The van der Waals surface area contributed by atoms with Gasteiger partial charge in [-0.15, -0.1) is 5.10 Å². The van der Waals surface area contributed by atoms with Crippen LogP contribution >= 0.6 is 0 Å². The van der Waals surface area contributed by atoms with Gasteiger partial charge >= 0.3 is 0 Å². The Labute approximate surface area is 176 Å². The van der Waals surface area contributed by atoms with Crippen LogP contribution in [0.25, 0.3) is 0 Å². The van der Waals surface area contributed by atoms with Crippen LogP contribution in [-0.4, -0.2) is 112 Å². The lowest BCUT2D eigenvalue weighted by Gasteiger charge is -2.25. The fraction of sp³-hybridized carbons (Fsp3) is 0.882. The fourth-order valence-electron chi connectivity index (χ4n) is 2.69. The molecule has 13 heteroatoms. The normalized spacial score (nSPS) is 16.9. The summed E-state index contributed by atoms with van der Waals surface area (Å²) in [5.74, 6) is -0.335. The molecule has 0 aliphatic carbocycles. The number of aromatic nitrogens is 3. The van der Waals surface area contributed by atoms with Crippen molar-refractivity contribution in [3.05, 3.63) is 11.6 Å². The second kappa shape index (κ2) is 14.0. The Bertz CT molecular complexity index is 691. The highest BCUT2D eigenvalue weighted by Gasteiger charge is 2.24. The molecule has 174 valence electrons. The van der Waals surface area contributed by atoms with E-state index in [1.807, 2.05) is 4.90 Å². The molecule has 2 heterocycles. The average molecular weight is 454 g/mol. The molecule has 0 spiro atoms. The maximum absolute atomic E-state index is 14.4. The summed E-state index contributed by atoms with van der Waals surface area (Å²) in [7, 11) is -2.96. The first-order valence-corrected chi connectivity index (χ1v) is 11.9. The van der Waals surface area contributed by atoms with Crippen LogP contribution in [0.15, 0.2) is 0 Å². The first kappa shape index (κ1) is 25.0. The molecule has 11 nitrogen and oxygen atoms in total. The molecule has 1 fully saturated rings. The van der Waals surface area contributed by atoms with E-state index in [0.29, 0.717) is 65.9 Å². The number of ether oxygens (including phenoxy) is 4. The van der Waals surface area contributed by atoms with Gasteiger partial charge in [-0.2, -0.15) is 4.39 Å². The Balaban J connectivity index is 1.49. The van der Waals surface area contributed by atoms with Crippen molar-refractivity contribution in [2.24, 2.45) is 5.73 Å². The monoisotopic (exact) mass is 453 g/mol. The van der Waals surface area contributed by atoms with Crippen LogP contribution in [0, 0.1) is 5.95 Å². The second-order valence-corrected chi connectivity index (χ2v) is 9.02. The molecule has 0 atom stereocenters. The van der Waals surface area contributed by atoms with Crippen LogP contribution in [-0.2, 0) is 41.9 Å². The van der Waals surface area contributed by atoms with Crippen molar-refractivity contribution in [2.75, 3.05) is 84.0 Å². The summed E-state index contributed by atoms with van der Waals surface area (Å²) in [6, 6.07) is 0. The maximum atomic E-state index is 14.4. The first-order chi connectivity index (χ1) is 14.5. The lowest BCUT2D eigenvalue weighted by Crippen LogP contribution is -2.39. The highest BCUT2D eigenvalue weighted by molar-refractivity contribution is 7.91. The van der Waals surface area contributed by atoms with Gasteiger partial charge in [-0.3, -0.25) is 4.90 Å². The number of hydrogen-bond acceptors (Lipinski definition) is 10. The van der Waals surface area contributed by atoms with Gasteiger partial charge in [0, 0.05) is 26.2 Å². The molecule has 1 aromatic heterocycles. The molecular weight excluding hydrogens is 421 g/mol. The molecule has 0 aromatic carbocycles. The smallest absolute Gasteiger partial charge is 0.236 e. The third kappa shape index (κ3) is 9.73. The molecule has 0 amide bonds. The molecule has 0 bridgehead atoms. The minimum absolute atomic E-state index is 0.0913. The van der Waals surface area contributed by atoms with Crippen molar-refractivity contribution in [3.63, 3.8) is 0 Å². The van der Waals surface area contributed by atoms with Crippen LogP contribution in [0.2, 0.25) is 0 Å². The van der Waals surface area contributed by atoms with Crippen molar-refractivity contribution in [2.45, 2.75) is 13.1 Å². The Morgan fingerprint density at radius 2 is 1.43 bits per heavy atom. The van der Waals surface area contributed by atoms with Crippen LogP contribution < -0.4 is 5.73 Å². The first-order valence-electron chi connectivity index (χ1n) is 10.0. The van der Waals surface area contributed by atoms with Crippen LogP contribution in [0.5, 0.6) is 0 Å². The SMILES string of the molecule is NCCOCCOCCOCCOCCn1nnc(CN2CCS(=O)(=O)CC2)c1F. The van der Waals surface area contributed by atoms with Crippen LogP contribution in [0.4, 0.5) is 4.39 Å². The van der Waals surface area contributed by atoms with Gasteiger partial charge in [0.25, 0.3) is 0 Å². The van der Waals surface area contributed by atoms with E-state index in [-0.39, 0.29) is 36.9 Å². The topological polar surface area (TPSA) is 131 Å². The highest BCUT2D eigenvalue weighted by atomic mass is 32.2. The van der Waals surface area contributed by atoms with Crippen LogP contribution in [0.3, 0.4) is 0 Å². The quantitative estimate of drug-likeness (QED) is 0.300. The predicted octanol–water partition coefficient (Wildman–Crippen LogP) is -1.33. The van der Waals surface area contributed by atoms with E-state index in [0.717, 1.165) is 4.68 Å². The molecule has 1 aliphatic heterocycles. The second-order valence-electron chi connectivity index (χ2n) is 6.72. The van der Waals surface area contributed by atoms with Gasteiger partial charge in [-0.05, 0) is 0 Å². The summed E-state index contributed by atoms with van der Waals surface area (Å²) in [5, 5.41) is 7.67. The minimum atomic E-state index is -2.96. The molecule has 2 rings (SSSR count). The molecule has 1 saturated heterocycles. The highest BCUT2D eigenvalue weighted by Crippen LogP contribution is 2.10. The van der Waals surface area contributed by atoms with Crippen molar-refractivity contribution < 1.29 is 31.8 Å². The lowest BCUT2D eigenvalue weighted by molar-refractivity contribution is -0.00222. The van der Waals surface area contributed by atoms with E-state index in [1.54, 1.807) is 0 Å². The van der Waals surface area contributed by atoms with Crippen molar-refractivity contribution in [3.8, 4) is 0 Å². The third-order valence-electron chi connectivity index (χ3n) is 4.37. The lowest BCUT2D eigenvalue weighted by atomic mass is 10.4. The fourth-order valence-corrected chi connectivity index (χ4v) is 3.97. The van der Waals surface area contributed by atoms with Crippen molar-refractivity contribution >= 4 is 9.84 Å². The maximum Gasteiger partial charge on any atom is 0.236 e. The number of sulfone groups is 1. The molecule has 2 N–H and O–H groups in total. The summed E-state index contributed by atoms with van der Waals surface area (Å²) < 4.78 is 59.7. The summed E-state index contributed by atoms with van der Waals surface area (Å²) in [5.41, 5.74) is 5.51. The molecule has 0 unspecified atom stereocenters. The molecule has 1 aliphatic rings. The van der Waals surface area contributed by atoms with Gasteiger partial charge in [-0.25, -0.2) is 13.1 Å². The number of rotatable bonds is 16. The molecule has 1 aromatic rings. The van der Waals surface area contributed by atoms with Gasteiger partial charge in [0.05, 0.1) is 70.9 Å². The zero-order valence-corrected chi connectivity index (χ0v) is 18.0. The zero-order chi connectivity index (χ0) is 21.7. The van der Waals surface area contributed by atoms with Gasteiger partial charge in [-0.1, -0.05) is 5.21 Å². The number of nitrogens with zero attached hydrogens (tertiary/aromatic N) is 4.